The Morgan fingerprint density at radius 2 is 1.71 bits per heavy atom. The average Bonchev–Trinajstić information content (AvgIpc) is 3.23. The topological polar surface area (TPSA) is 33.1 Å². The summed E-state index contributed by atoms with van der Waals surface area (Å²) in [7, 11) is 0. The molecule has 170 valence electrons. The van der Waals surface area contributed by atoms with Gasteiger partial charge in [0.2, 0.25) is 0 Å². The van der Waals surface area contributed by atoms with Crippen LogP contribution in [0.3, 0.4) is 0 Å². The van der Waals surface area contributed by atoms with Gasteiger partial charge in [-0.2, -0.15) is 0 Å². The third-order valence-corrected chi connectivity index (χ3v) is 7.48. The van der Waals surface area contributed by atoms with Gasteiger partial charge in [0, 0.05) is 28.1 Å². The molecular weight excluding hydrogens is 428 g/mol. The molecule has 4 heteroatoms. The third-order valence-electron chi connectivity index (χ3n) is 7.48. The summed E-state index contributed by atoms with van der Waals surface area (Å²) in [6.45, 7) is 4.68. The summed E-state index contributed by atoms with van der Waals surface area (Å²) in [5.74, 6) is 0.907. The molecule has 0 aliphatic carbocycles. The van der Waals surface area contributed by atoms with Crippen molar-refractivity contribution in [2.45, 2.75) is 25.4 Å². The fourth-order valence-electron chi connectivity index (χ4n) is 5.83. The number of dihydropyridines is 1. The second kappa shape index (κ2) is 7.34. The van der Waals surface area contributed by atoms with Crippen LogP contribution in [0.2, 0.25) is 0 Å². The van der Waals surface area contributed by atoms with E-state index in [1.165, 1.54) is 38.6 Å². The normalized spacial score (nSPS) is 17.4. The van der Waals surface area contributed by atoms with Crippen molar-refractivity contribution in [2.24, 2.45) is 0 Å². The number of fused-ring (bicyclic) bond motifs is 5. The van der Waals surface area contributed by atoms with E-state index in [0.29, 0.717) is 0 Å². The lowest BCUT2D eigenvalue weighted by Gasteiger charge is -2.34. The fraction of sp³-hybridized carbons (Fsp3) is 0.129. The van der Waals surface area contributed by atoms with Crippen molar-refractivity contribution in [1.82, 2.24) is 14.9 Å². The van der Waals surface area contributed by atoms with Crippen LogP contribution in [0.15, 0.2) is 109 Å². The van der Waals surface area contributed by atoms with Crippen LogP contribution in [-0.2, 0) is 5.41 Å². The highest BCUT2D eigenvalue weighted by molar-refractivity contribution is 6.12. The van der Waals surface area contributed by atoms with Crippen molar-refractivity contribution in [3.63, 3.8) is 0 Å². The summed E-state index contributed by atoms with van der Waals surface area (Å²) in [6.07, 6.45) is 10.1. The van der Waals surface area contributed by atoms with Gasteiger partial charge in [-0.15, -0.1) is 0 Å². The molecule has 0 saturated carbocycles. The number of nitrogens with one attached hydrogen (secondary N) is 1. The number of rotatable bonds is 3. The molecular formula is C31H26N4. The fourth-order valence-corrected chi connectivity index (χ4v) is 5.83. The Morgan fingerprint density at radius 1 is 0.857 bits per heavy atom. The first-order valence-electron chi connectivity index (χ1n) is 12.1. The number of hydrogen-bond donors (Lipinski definition) is 1. The van der Waals surface area contributed by atoms with Gasteiger partial charge in [0.05, 0.1) is 16.7 Å². The van der Waals surface area contributed by atoms with E-state index >= 15 is 0 Å². The van der Waals surface area contributed by atoms with Crippen molar-refractivity contribution in [2.75, 3.05) is 4.90 Å². The largest absolute Gasteiger partial charge is 0.368 e. The highest BCUT2D eigenvalue weighted by Gasteiger charge is 2.35. The molecule has 35 heavy (non-hydrogen) atoms. The average molecular weight is 455 g/mol. The molecule has 1 unspecified atom stereocenters. The van der Waals surface area contributed by atoms with Crippen molar-refractivity contribution in [3.8, 4) is 5.69 Å². The number of pyridine rings is 1. The number of hydrogen-bond acceptors (Lipinski definition) is 3. The zero-order valence-electron chi connectivity index (χ0n) is 19.8. The van der Waals surface area contributed by atoms with E-state index in [9.17, 15) is 0 Å². The van der Waals surface area contributed by atoms with Crippen LogP contribution in [0.1, 0.15) is 25.0 Å². The molecule has 5 aromatic rings. The summed E-state index contributed by atoms with van der Waals surface area (Å²) in [5.41, 5.74) is 7.58. The SMILES string of the molecule is CC1(C)c2ccccc2-n2c3ccc(N(c4ccccn4)C4C=CC=CN4)cc3c3cccc1c32. The van der Waals surface area contributed by atoms with Gasteiger partial charge in [0.1, 0.15) is 12.0 Å². The Balaban J connectivity index is 1.52. The van der Waals surface area contributed by atoms with Crippen molar-refractivity contribution in [1.29, 1.82) is 0 Å². The number of aromatic nitrogens is 2. The highest BCUT2D eigenvalue weighted by Crippen LogP contribution is 2.47. The minimum absolute atomic E-state index is 0.0217. The van der Waals surface area contributed by atoms with E-state index in [1.807, 2.05) is 30.6 Å². The maximum Gasteiger partial charge on any atom is 0.134 e. The number of para-hydroxylation sites is 2. The molecule has 1 atom stereocenters. The standard InChI is InChI=1S/C31H26N4/c1-31(2)24-11-3-4-13-27(24)35-26-17-16-21(20-23(26)22-10-9-12-25(31)30(22)35)34(28-14-5-7-18-32-28)29-15-6-8-19-33-29/h3-20,28,32H,1-2H3. The van der Waals surface area contributed by atoms with Gasteiger partial charge in [0.25, 0.3) is 0 Å². The number of anilines is 2. The molecule has 2 aromatic heterocycles. The Labute approximate surface area is 204 Å². The van der Waals surface area contributed by atoms with E-state index in [4.69, 9.17) is 4.98 Å². The van der Waals surface area contributed by atoms with Gasteiger partial charge in [0.15, 0.2) is 0 Å². The van der Waals surface area contributed by atoms with Crippen LogP contribution in [0, 0.1) is 0 Å². The van der Waals surface area contributed by atoms with Crippen LogP contribution in [0.25, 0.3) is 27.5 Å². The Morgan fingerprint density at radius 3 is 2.54 bits per heavy atom. The zero-order chi connectivity index (χ0) is 23.6. The second-order valence-electron chi connectivity index (χ2n) is 9.79. The second-order valence-corrected chi connectivity index (χ2v) is 9.79. The maximum absolute atomic E-state index is 4.69. The lowest BCUT2D eigenvalue weighted by Crippen LogP contribution is -2.40. The first kappa shape index (κ1) is 20.1. The minimum atomic E-state index is -0.0630. The third kappa shape index (κ3) is 2.83. The van der Waals surface area contributed by atoms with Crippen molar-refractivity contribution in [3.05, 3.63) is 121 Å². The number of nitrogens with zero attached hydrogens (tertiary/aromatic N) is 3. The van der Waals surface area contributed by atoms with Gasteiger partial charge >= 0.3 is 0 Å². The summed E-state index contributed by atoms with van der Waals surface area (Å²) >= 11 is 0. The first-order chi connectivity index (χ1) is 17.1. The van der Waals surface area contributed by atoms with Gasteiger partial charge < -0.3 is 14.8 Å². The zero-order valence-corrected chi connectivity index (χ0v) is 19.8. The molecule has 3 aromatic carbocycles. The highest BCUT2D eigenvalue weighted by atomic mass is 15.3. The molecule has 0 spiro atoms. The molecule has 4 nitrogen and oxygen atoms in total. The van der Waals surface area contributed by atoms with Crippen LogP contribution in [-0.4, -0.2) is 15.7 Å². The van der Waals surface area contributed by atoms with Crippen LogP contribution >= 0.6 is 0 Å². The number of benzene rings is 3. The molecule has 2 aliphatic heterocycles. The smallest absolute Gasteiger partial charge is 0.134 e. The summed E-state index contributed by atoms with van der Waals surface area (Å²) < 4.78 is 2.46. The maximum atomic E-state index is 4.69. The Bertz CT molecular complexity index is 1660. The number of allylic oxidation sites excluding steroid dienone is 2. The monoisotopic (exact) mass is 454 g/mol. The van der Waals surface area contributed by atoms with Gasteiger partial charge in [-0.3, -0.25) is 0 Å². The molecule has 0 fully saturated rings. The van der Waals surface area contributed by atoms with Crippen LogP contribution in [0.4, 0.5) is 11.5 Å². The van der Waals surface area contributed by atoms with E-state index in [0.717, 1.165) is 11.5 Å². The minimum Gasteiger partial charge on any atom is -0.368 e. The molecule has 0 amide bonds. The van der Waals surface area contributed by atoms with Crippen molar-refractivity contribution < 1.29 is 0 Å². The van der Waals surface area contributed by atoms with E-state index in [2.05, 4.69) is 108 Å². The summed E-state index contributed by atoms with van der Waals surface area (Å²) in [5, 5.41) is 6.01. The molecule has 0 saturated heterocycles. The first-order valence-corrected chi connectivity index (χ1v) is 12.1. The summed E-state index contributed by atoms with van der Waals surface area (Å²) in [4.78, 5) is 6.94. The molecule has 7 rings (SSSR count). The molecule has 4 heterocycles. The lowest BCUT2D eigenvalue weighted by molar-refractivity contribution is 0.630. The van der Waals surface area contributed by atoms with Crippen LogP contribution in [0.5, 0.6) is 0 Å². The Hall–Kier alpha value is -4.31. The van der Waals surface area contributed by atoms with Crippen LogP contribution < -0.4 is 10.2 Å². The van der Waals surface area contributed by atoms with Gasteiger partial charge in [-0.05, 0) is 65.9 Å². The predicted molar refractivity (Wildman–Crippen MR) is 144 cm³/mol. The lowest BCUT2D eigenvalue weighted by atomic mass is 9.75. The summed E-state index contributed by atoms with van der Waals surface area (Å²) in [6, 6.07) is 28.4. The van der Waals surface area contributed by atoms with Crippen molar-refractivity contribution >= 4 is 33.3 Å². The van der Waals surface area contributed by atoms with Gasteiger partial charge in [-0.1, -0.05) is 62.4 Å². The molecule has 0 bridgehead atoms. The van der Waals surface area contributed by atoms with E-state index in [1.54, 1.807) is 0 Å². The molecule has 0 radical (unpaired) electrons. The van der Waals surface area contributed by atoms with E-state index < -0.39 is 0 Å². The quantitative estimate of drug-likeness (QED) is 0.320. The predicted octanol–water partition coefficient (Wildman–Crippen LogP) is 6.96. The Kier molecular flexibility index (Phi) is 4.22. The van der Waals surface area contributed by atoms with Gasteiger partial charge in [-0.25, -0.2) is 4.98 Å². The molecule has 1 N–H and O–H groups in total. The van der Waals surface area contributed by atoms with E-state index in [-0.39, 0.29) is 11.6 Å². The molecule has 2 aliphatic rings.